The summed E-state index contributed by atoms with van der Waals surface area (Å²) in [7, 11) is 0. The summed E-state index contributed by atoms with van der Waals surface area (Å²) in [5.74, 6) is 0.608. The van der Waals surface area contributed by atoms with Crippen molar-refractivity contribution in [3.63, 3.8) is 0 Å². The monoisotopic (exact) mass is 128 g/mol. The highest BCUT2D eigenvalue weighted by Crippen LogP contribution is 1.97. The number of hydrogen-bond donors (Lipinski definition) is 1. The molecule has 0 spiro atoms. The van der Waals surface area contributed by atoms with Crippen molar-refractivity contribution < 1.29 is 4.84 Å². The molecular weight excluding hydrogens is 116 g/mol. The molecule has 1 N–H and O–H groups in total. The van der Waals surface area contributed by atoms with E-state index in [1.54, 1.807) is 0 Å². The van der Waals surface area contributed by atoms with Crippen LogP contribution < -0.4 is 5.32 Å². The summed E-state index contributed by atoms with van der Waals surface area (Å²) in [6.07, 6.45) is 1.86. The summed E-state index contributed by atoms with van der Waals surface area (Å²) in [6, 6.07) is 0. The van der Waals surface area contributed by atoms with Gasteiger partial charge in [-0.15, -0.1) is 0 Å². The zero-order valence-electron chi connectivity index (χ0n) is 5.63. The molecule has 3 heteroatoms. The van der Waals surface area contributed by atoms with E-state index < -0.39 is 0 Å². The van der Waals surface area contributed by atoms with E-state index in [2.05, 4.69) is 10.5 Å². The van der Waals surface area contributed by atoms with Crippen LogP contribution in [0.15, 0.2) is 5.16 Å². The molecule has 1 rings (SSSR count). The summed E-state index contributed by atoms with van der Waals surface area (Å²) < 4.78 is 0. The normalized spacial score (nSPS) is 20.1. The van der Waals surface area contributed by atoms with Gasteiger partial charge in [-0.1, -0.05) is 5.16 Å². The minimum atomic E-state index is 0.608. The topological polar surface area (TPSA) is 33.6 Å². The quantitative estimate of drug-likeness (QED) is 0.436. The van der Waals surface area contributed by atoms with E-state index in [9.17, 15) is 0 Å². The molecule has 0 saturated carbocycles. The highest BCUT2D eigenvalue weighted by atomic mass is 16.6. The Hall–Kier alpha value is -0.570. The predicted octanol–water partition coefficient (Wildman–Crippen LogP) is 0.228. The Morgan fingerprint density at radius 1 is 1.78 bits per heavy atom. The Bertz CT molecular complexity index is 99.2. The molecular formula is C6H12N2O. The highest BCUT2D eigenvalue weighted by Gasteiger charge is 2.13. The molecule has 1 aliphatic rings. The molecule has 1 aliphatic heterocycles. The van der Waals surface area contributed by atoms with E-state index in [0.717, 1.165) is 13.1 Å². The summed E-state index contributed by atoms with van der Waals surface area (Å²) in [4.78, 5) is 4.78. The van der Waals surface area contributed by atoms with Crippen molar-refractivity contribution in [1.82, 2.24) is 5.32 Å². The fourth-order valence-corrected chi connectivity index (χ4v) is 0.620. The van der Waals surface area contributed by atoms with Crippen LogP contribution in [0.1, 0.15) is 6.92 Å². The van der Waals surface area contributed by atoms with E-state index in [0.29, 0.717) is 12.5 Å². The van der Waals surface area contributed by atoms with Gasteiger partial charge in [0.1, 0.15) is 6.61 Å². The lowest BCUT2D eigenvalue weighted by Crippen LogP contribution is -2.42. The van der Waals surface area contributed by atoms with E-state index in [-0.39, 0.29) is 0 Å². The fraction of sp³-hybridized carbons (Fsp3) is 0.833. The molecule has 0 aromatic carbocycles. The van der Waals surface area contributed by atoms with Gasteiger partial charge in [0.15, 0.2) is 0 Å². The van der Waals surface area contributed by atoms with Gasteiger partial charge in [0.05, 0.1) is 0 Å². The first-order valence-corrected chi connectivity index (χ1v) is 3.29. The third kappa shape index (κ3) is 2.01. The number of nitrogens with one attached hydrogen (secondary N) is 1. The average Bonchev–Trinajstić information content (AvgIpc) is 1.76. The number of nitrogens with zero attached hydrogens (tertiary/aromatic N) is 1. The van der Waals surface area contributed by atoms with Crippen molar-refractivity contribution >= 4 is 6.21 Å². The Morgan fingerprint density at radius 2 is 2.56 bits per heavy atom. The fourth-order valence-electron chi connectivity index (χ4n) is 0.620. The molecule has 0 radical (unpaired) electrons. The van der Waals surface area contributed by atoms with Crippen LogP contribution in [-0.4, -0.2) is 25.9 Å². The van der Waals surface area contributed by atoms with Crippen LogP contribution in [0.25, 0.3) is 0 Å². The average molecular weight is 128 g/mol. The molecule has 3 nitrogen and oxygen atoms in total. The Balaban J connectivity index is 2.00. The lowest BCUT2D eigenvalue weighted by Gasteiger charge is -2.22. The van der Waals surface area contributed by atoms with Crippen LogP contribution in [0.4, 0.5) is 0 Å². The number of rotatable bonds is 3. The maximum Gasteiger partial charge on any atom is 0.114 e. The highest BCUT2D eigenvalue weighted by molar-refractivity contribution is 5.61. The van der Waals surface area contributed by atoms with Crippen LogP contribution in [0.2, 0.25) is 0 Å². The summed E-state index contributed by atoms with van der Waals surface area (Å²) in [5.41, 5.74) is 0. The number of hydrogen-bond acceptors (Lipinski definition) is 3. The molecule has 0 unspecified atom stereocenters. The van der Waals surface area contributed by atoms with Gasteiger partial charge >= 0.3 is 0 Å². The Kier molecular flexibility index (Phi) is 2.51. The molecule has 9 heavy (non-hydrogen) atoms. The second-order valence-electron chi connectivity index (χ2n) is 2.09. The minimum Gasteiger partial charge on any atom is -0.396 e. The molecule has 1 fully saturated rings. The van der Waals surface area contributed by atoms with Crippen LogP contribution in [-0.2, 0) is 4.84 Å². The van der Waals surface area contributed by atoms with E-state index in [1.165, 1.54) is 0 Å². The van der Waals surface area contributed by atoms with Crippen molar-refractivity contribution in [1.29, 1.82) is 0 Å². The molecule has 1 heterocycles. The zero-order chi connectivity index (χ0) is 6.53. The van der Waals surface area contributed by atoms with Crippen LogP contribution >= 0.6 is 0 Å². The van der Waals surface area contributed by atoms with Gasteiger partial charge in [0.2, 0.25) is 0 Å². The van der Waals surface area contributed by atoms with Gasteiger partial charge < -0.3 is 10.2 Å². The van der Waals surface area contributed by atoms with Crippen molar-refractivity contribution in [2.75, 3.05) is 19.7 Å². The molecule has 0 atom stereocenters. The molecule has 0 bridgehead atoms. The van der Waals surface area contributed by atoms with Gasteiger partial charge in [-0.3, -0.25) is 0 Å². The molecule has 1 saturated heterocycles. The van der Waals surface area contributed by atoms with Crippen molar-refractivity contribution in [3.05, 3.63) is 0 Å². The predicted molar refractivity (Wildman–Crippen MR) is 36.5 cm³/mol. The second-order valence-corrected chi connectivity index (χ2v) is 2.09. The maximum atomic E-state index is 4.78. The first kappa shape index (κ1) is 6.55. The van der Waals surface area contributed by atoms with Crippen molar-refractivity contribution in [2.24, 2.45) is 11.1 Å². The van der Waals surface area contributed by atoms with Gasteiger partial charge in [-0.05, 0) is 6.92 Å². The smallest absolute Gasteiger partial charge is 0.114 e. The van der Waals surface area contributed by atoms with Crippen LogP contribution in [0, 0.1) is 5.92 Å². The van der Waals surface area contributed by atoms with E-state index in [1.807, 2.05) is 13.1 Å². The maximum absolute atomic E-state index is 4.78. The molecule has 0 aliphatic carbocycles. The Labute approximate surface area is 55.1 Å². The van der Waals surface area contributed by atoms with Crippen LogP contribution in [0.5, 0.6) is 0 Å². The molecule has 0 aromatic heterocycles. The summed E-state index contributed by atoms with van der Waals surface area (Å²) in [5, 5.41) is 6.89. The van der Waals surface area contributed by atoms with Crippen LogP contribution in [0.3, 0.4) is 0 Å². The lowest BCUT2D eigenvalue weighted by molar-refractivity contribution is 0.158. The van der Waals surface area contributed by atoms with Gasteiger partial charge in [0, 0.05) is 25.2 Å². The zero-order valence-corrected chi connectivity index (χ0v) is 5.63. The molecule has 0 aromatic rings. The standard InChI is InChI=1S/C6H12N2O/c1-2-9-8-5-6-3-7-4-6/h5-7H,2-4H2,1H3. The third-order valence-corrected chi connectivity index (χ3v) is 1.29. The van der Waals surface area contributed by atoms with Crippen molar-refractivity contribution in [2.45, 2.75) is 6.92 Å². The lowest BCUT2D eigenvalue weighted by atomic mass is 10.1. The van der Waals surface area contributed by atoms with Gasteiger partial charge in [-0.2, -0.15) is 0 Å². The Morgan fingerprint density at radius 3 is 3.00 bits per heavy atom. The third-order valence-electron chi connectivity index (χ3n) is 1.29. The molecule has 52 valence electrons. The first-order valence-electron chi connectivity index (χ1n) is 3.29. The van der Waals surface area contributed by atoms with Gasteiger partial charge in [-0.25, -0.2) is 0 Å². The van der Waals surface area contributed by atoms with Gasteiger partial charge in [0.25, 0.3) is 0 Å². The SMILES string of the molecule is CCON=CC1CNC1. The number of oxime groups is 1. The summed E-state index contributed by atoms with van der Waals surface area (Å²) in [6.45, 7) is 4.69. The first-order chi connectivity index (χ1) is 4.43. The molecule has 0 amide bonds. The van der Waals surface area contributed by atoms with Crippen molar-refractivity contribution in [3.8, 4) is 0 Å². The van der Waals surface area contributed by atoms with E-state index >= 15 is 0 Å². The van der Waals surface area contributed by atoms with E-state index in [4.69, 9.17) is 4.84 Å². The largest absolute Gasteiger partial charge is 0.396 e. The minimum absolute atomic E-state index is 0.608. The second kappa shape index (κ2) is 3.45. The summed E-state index contributed by atoms with van der Waals surface area (Å²) >= 11 is 0.